The van der Waals surface area contributed by atoms with Crippen LogP contribution in [0.5, 0.6) is 0 Å². The van der Waals surface area contributed by atoms with Gasteiger partial charge in [-0.05, 0) is 95.8 Å². The molecular weight excluding hydrogens is 468 g/mol. The van der Waals surface area contributed by atoms with E-state index in [1.54, 1.807) is 11.3 Å². The molecule has 1 aliphatic carbocycles. The number of rotatable bonds is 6. The molecule has 37 heavy (non-hydrogen) atoms. The summed E-state index contributed by atoms with van der Waals surface area (Å²) in [5.41, 5.74) is 13.3. The summed E-state index contributed by atoms with van der Waals surface area (Å²) in [5.74, 6) is 0.505. The van der Waals surface area contributed by atoms with Crippen molar-refractivity contribution in [2.45, 2.75) is 47.0 Å². The fraction of sp³-hybridized carbons (Fsp3) is 0.235. The highest BCUT2D eigenvalue weighted by Crippen LogP contribution is 2.46. The van der Waals surface area contributed by atoms with E-state index in [1.165, 1.54) is 51.8 Å². The van der Waals surface area contributed by atoms with E-state index in [9.17, 15) is 5.26 Å². The van der Waals surface area contributed by atoms with Crippen LogP contribution in [0.25, 0.3) is 27.4 Å². The quantitative estimate of drug-likeness (QED) is 0.194. The summed E-state index contributed by atoms with van der Waals surface area (Å²) in [6.07, 6.45) is 7.79. The summed E-state index contributed by atoms with van der Waals surface area (Å²) in [4.78, 5) is 4.60. The van der Waals surface area contributed by atoms with Gasteiger partial charge in [-0.15, -0.1) is 11.3 Å². The van der Waals surface area contributed by atoms with Crippen molar-refractivity contribution < 1.29 is 0 Å². The Bertz CT molecular complexity index is 1510. The molecule has 0 N–H and O–H groups in total. The van der Waals surface area contributed by atoms with E-state index in [0.29, 0.717) is 11.5 Å². The molecule has 0 bridgehead atoms. The van der Waals surface area contributed by atoms with Gasteiger partial charge in [-0.2, -0.15) is 5.26 Å². The largest absolute Gasteiger partial charge is 0.245 e. The van der Waals surface area contributed by atoms with E-state index in [0.717, 1.165) is 22.2 Å². The third kappa shape index (κ3) is 5.82. The zero-order valence-corrected chi connectivity index (χ0v) is 23.0. The van der Waals surface area contributed by atoms with Crippen molar-refractivity contribution in [3.05, 3.63) is 118 Å². The number of aryl methyl sites for hydroxylation is 1. The number of hydrogen-bond donors (Lipinski definition) is 0. The maximum absolute atomic E-state index is 9.43. The molecule has 0 unspecified atom stereocenters. The molecule has 1 fully saturated rings. The highest BCUT2D eigenvalue weighted by Gasteiger charge is 2.28. The summed E-state index contributed by atoms with van der Waals surface area (Å²) >= 11 is 1.67. The SMILES string of the molecule is C=C(C)/C=C/c1ccc(/C(=C(\c2ccc(C#N)cc2C)C2CCC2)c2ccc3scnc3c2)cc1.CC. The molecule has 0 aliphatic heterocycles. The summed E-state index contributed by atoms with van der Waals surface area (Å²) in [7, 11) is 0. The van der Waals surface area contributed by atoms with E-state index >= 15 is 0 Å². The van der Waals surface area contributed by atoms with Gasteiger partial charge in [0, 0.05) is 0 Å². The van der Waals surface area contributed by atoms with Crippen molar-refractivity contribution in [2.24, 2.45) is 5.92 Å². The summed E-state index contributed by atoms with van der Waals surface area (Å²) in [5, 5.41) is 9.43. The normalized spacial score (nSPS) is 13.9. The predicted octanol–water partition coefficient (Wildman–Crippen LogP) is 9.85. The Morgan fingerprint density at radius 3 is 2.38 bits per heavy atom. The van der Waals surface area contributed by atoms with E-state index < -0.39 is 0 Å². The Labute approximate surface area is 225 Å². The Balaban J connectivity index is 0.00000156. The van der Waals surface area contributed by atoms with Gasteiger partial charge in [-0.1, -0.05) is 81.0 Å². The fourth-order valence-electron chi connectivity index (χ4n) is 4.78. The van der Waals surface area contributed by atoms with Crippen LogP contribution in [0.2, 0.25) is 0 Å². The molecule has 1 aliphatic rings. The van der Waals surface area contributed by atoms with E-state index in [2.05, 4.69) is 79.2 Å². The summed E-state index contributed by atoms with van der Waals surface area (Å²) < 4.78 is 1.20. The second-order valence-corrected chi connectivity index (χ2v) is 10.3. The van der Waals surface area contributed by atoms with Gasteiger partial charge in [-0.25, -0.2) is 4.98 Å². The molecule has 2 nitrogen and oxygen atoms in total. The molecule has 186 valence electrons. The molecule has 0 saturated heterocycles. The van der Waals surface area contributed by atoms with Gasteiger partial charge >= 0.3 is 0 Å². The second kappa shape index (κ2) is 12.0. The molecule has 1 heterocycles. The van der Waals surface area contributed by atoms with Crippen LogP contribution in [0.3, 0.4) is 0 Å². The minimum atomic E-state index is 0.505. The topological polar surface area (TPSA) is 36.7 Å². The molecule has 0 amide bonds. The number of hydrogen-bond acceptors (Lipinski definition) is 3. The van der Waals surface area contributed by atoms with E-state index in [4.69, 9.17) is 0 Å². The number of allylic oxidation sites excluding steroid dienone is 3. The third-order valence-corrected chi connectivity index (χ3v) is 7.62. The average Bonchev–Trinajstić information content (AvgIpc) is 3.36. The van der Waals surface area contributed by atoms with Crippen molar-refractivity contribution in [2.75, 3.05) is 0 Å². The van der Waals surface area contributed by atoms with Gasteiger partial charge in [0.05, 0.1) is 27.4 Å². The molecule has 3 heteroatoms. The summed E-state index contributed by atoms with van der Waals surface area (Å²) in [6.45, 7) is 12.1. The molecule has 1 saturated carbocycles. The van der Waals surface area contributed by atoms with Crippen molar-refractivity contribution in [3.63, 3.8) is 0 Å². The number of nitriles is 1. The smallest absolute Gasteiger partial charge is 0.0991 e. The van der Waals surface area contributed by atoms with Crippen LogP contribution < -0.4 is 0 Å². The first-order valence-electron chi connectivity index (χ1n) is 13.1. The highest BCUT2D eigenvalue weighted by molar-refractivity contribution is 7.16. The maximum atomic E-state index is 9.43. The standard InChI is InChI=1S/C32H28N2S.C2H6/c1-21(2)7-8-23-9-12-26(13-10-23)31(27-14-16-30-29(18-27)34-20-35-30)32(25-5-4-6-25)28-15-11-24(19-33)17-22(28)3;1-2/h7-18,20,25H,1,4-6H2,2-3H3;1-2H3/b8-7+,32-31+;. The molecule has 0 atom stereocenters. The zero-order chi connectivity index (χ0) is 26.4. The van der Waals surface area contributed by atoms with Crippen LogP contribution in [0.15, 0.2) is 84.4 Å². The van der Waals surface area contributed by atoms with E-state index in [-0.39, 0.29) is 0 Å². The molecular formula is C34H34N2S. The van der Waals surface area contributed by atoms with Crippen LogP contribution in [0, 0.1) is 24.2 Å². The molecule has 0 spiro atoms. The van der Waals surface area contributed by atoms with Crippen molar-refractivity contribution in [3.8, 4) is 6.07 Å². The second-order valence-electron chi connectivity index (χ2n) is 9.39. The third-order valence-electron chi connectivity index (χ3n) is 6.81. The van der Waals surface area contributed by atoms with Crippen LogP contribution in [0.1, 0.15) is 73.4 Å². The van der Waals surface area contributed by atoms with Gasteiger partial charge < -0.3 is 0 Å². The molecule has 3 aromatic carbocycles. The van der Waals surface area contributed by atoms with Crippen molar-refractivity contribution >= 4 is 38.8 Å². The molecule has 0 radical (unpaired) electrons. The van der Waals surface area contributed by atoms with Crippen LogP contribution in [-0.4, -0.2) is 4.98 Å². The average molecular weight is 503 g/mol. The maximum Gasteiger partial charge on any atom is 0.0991 e. The summed E-state index contributed by atoms with van der Waals surface area (Å²) in [6, 6.07) is 23.9. The van der Waals surface area contributed by atoms with E-state index in [1.807, 2.05) is 44.5 Å². The van der Waals surface area contributed by atoms with Crippen molar-refractivity contribution in [1.82, 2.24) is 4.98 Å². The Hall–Kier alpha value is -3.74. The number of thiazole rings is 1. The van der Waals surface area contributed by atoms with Crippen LogP contribution in [0.4, 0.5) is 0 Å². The fourth-order valence-corrected chi connectivity index (χ4v) is 5.44. The molecule has 4 aromatic rings. The zero-order valence-electron chi connectivity index (χ0n) is 22.2. The van der Waals surface area contributed by atoms with Gasteiger partial charge in [0.25, 0.3) is 0 Å². The van der Waals surface area contributed by atoms with Crippen LogP contribution >= 0.6 is 11.3 Å². The Morgan fingerprint density at radius 1 is 1.03 bits per heavy atom. The minimum absolute atomic E-state index is 0.505. The van der Waals surface area contributed by atoms with Crippen LogP contribution in [-0.2, 0) is 0 Å². The first kappa shape index (κ1) is 26.3. The first-order chi connectivity index (χ1) is 18.0. The lowest BCUT2D eigenvalue weighted by molar-refractivity contribution is 0.401. The van der Waals surface area contributed by atoms with Gasteiger partial charge in [-0.3, -0.25) is 0 Å². The Kier molecular flexibility index (Phi) is 8.54. The first-order valence-corrected chi connectivity index (χ1v) is 13.9. The monoisotopic (exact) mass is 502 g/mol. The lowest BCUT2D eigenvalue weighted by Gasteiger charge is -2.32. The lowest BCUT2D eigenvalue weighted by atomic mass is 9.72. The minimum Gasteiger partial charge on any atom is -0.245 e. The number of nitrogens with zero attached hydrogens (tertiary/aromatic N) is 2. The number of aromatic nitrogens is 1. The molecule has 1 aromatic heterocycles. The lowest BCUT2D eigenvalue weighted by Crippen LogP contribution is -2.16. The van der Waals surface area contributed by atoms with Gasteiger partial charge in [0.1, 0.15) is 0 Å². The van der Waals surface area contributed by atoms with Gasteiger partial charge in [0.2, 0.25) is 0 Å². The van der Waals surface area contributed by atoms with Crippen molar-refractivity contribution in [1.29, 1.82) is 5.26 Å². The van der Waals surface area contributed by atoms with Gasteiger partial charge in [0.15, 0.2) is 0 Å². The Morgan fingerprint density at radius 2 is 1.76 bits per heavy atom. The highest BCUT2D eigenvalue weighted by atomic mass is 32.1. The molecule has 5 rings (SSSR count). The number of fused-ring (bicyclic) bond motifs is 1. The predicted molar refractivity (Wildman–Crippen MR) is 160 cm³/mol. The number of benzene rings is 3.